The van der Waals surface area contributed by atoms with E-state index >= 15 is 0 Å². The van der Waals surface area contributed by atoms with Crippen LogP contribution in [0.3, 0.4) is 0 Å². The second kappa shape index (κ2) is 5.10. The van der Waals surface area contributed by atoms with Gasteiger partial charge in [0.15, 0.2) is 0 Å². The normalized spacial score (nSPS) is 23.2. The van der Waals surface area contributed by atoms with E-state index < -0.39 is 0 Å². The molecule has 1 fully saturated rings. The molecule has 1 aromatic rings. The van der Waals surface area contributed by atoms with Crippen molar-refractivity contribution in [3.63, 3.8) is 0 Å². The van der Waals surface area contributed by atoms with Crippen LogP contribution < -0.4 is 5.32 Å². The molecule has 0 aromatic carbocycles. The van der Waals surface area contributed by atoms with Gasteiger partial charge in [-0.05, 0) is 43.7 Å². The van der Waals surface area contributed by atoms with Gasteiger partial charge in [0, 0.05) is 24.1 Å². The Morgan fingerprint density at radius 1 is 1.67 bits per heavy atom. The number of hydrogen-bond donors (Lipinski definition) is 1. The molecule has 0 spiro atoms. The van der Waals surface area contributed by atoms with Gasteiger partial charge in [-0.1, -0.05) is 0 Å². The van der Waals surface area contributed by atoms with Crippen LogP contribution in [0.5, 0.6) is 0 Å². The van der Waals surface area contributed by atoms with Crippen molar-refractivity contribution in [2.45, 2.75) is 38.8 Å². The lowest BCUT2D eigenvalue weighted by molar-refractivity contribution is 0.108. The van der Waals surface area contributed by atoms with Crippen molar-refractivity contribution in [1.29, 1.82) is 0 Å². The third-order valence-electron chi connectivity index (χ3n) is 2.97. The zero-order valence-electron chi connectivity index (χ0n) is 9.45. The highest BCUT2D eigenvalue weighted by Crippen LogP contribution is 2.23. The maximum absolute atomic E-state index is 5.59. The highest BCUT2D eigenvalue weighted by Gasteiger charge is 2.17. The summed E-state index contributed by atoms with van der Waals surface area (Å²) in [4.78, 5) is 1.45. The predicted octanol–water partition coefficient (Wildman–Crippen LogP) is 2.89. The molecule has 1 aliphatic heterocycles. The maximum Gasteiger partial charge on any atom is 0.0700 e. The molecule has 15 heavy (non-hydrogen) atoms. The Labute approximate surface area is 95.6 Å². The van der Waals surface area contributed by atoms with E-state index in [0.717, 1.165) is 13.2 Å². The van der Waals surface area contributed by atoms with Crippen LogP contribution >= 0.6 is 11.3 Å². The van der Waals surface area contributed by atoms with Crippen molar-refractivity contribution in [2.75, 3.05) is 13.2 Å². The van der Waals surface area contributed by atoms with E-state index in [4.69, 9.17) is 4.74 Å². The molecule has 2 nitrogen and oxygen atoms in total. The molecular weight excluding hydrogens is 206 g/mol. The van der Waals surface area contributed by atoms with Crippen LogP contribution in [0.4, 0.5) is 0 Å². The number of ether oxygens (including phenoxy) is 1. The Morgan fingerprint density at radius 2 is 2.53 bits per heavy atom. The average molecular weight is 225 g/mol. The topological polar surface area (TPSA) is 21.3 Å². The molecule has 1 aromatic heterocycles. The van der Waals surface area contributed by atoms with Crippen molar-refractivity contribution in [2.24, 2.45) is 0 Å². The lowest BCUT2D eigenvalue weighted by Crippen LogP contribution is -2.28. The summed E-state index contributed by atoms with van der Waals surface area (Å²) < 4.78 is 5.59. The van der Waals surface area contributed by atoms with E-state index in [1.165, 1.54) is 23.3 Å². The smallest absolute Gasteiger partial charge is 0.0700 e. The Morgan fingerprint density at radius 3 is 3.13 bits per heavy atom. The summed E-state index contributed by atoms with van der Waals surface area (Å²) in [7, 11) is 0. The SMILES string of the molecule is Cc1ccsc1[C@H](C)NC[C@@H]1CCCO1. The zero-order chi connectivity index (χ0) is 10.7. The fourth-order valence-corrected chi connectivity index (χ4v) is 2.99. The lowest BCUT2D eigenvalue weighted by Gasteiger charge is -2.16. The van der Waals surface area contributed by atoms with Crippen molar-refractivity contribution in [3.8, 4) is 0 Å². The van der Waals surface area contributed by atoms with Gasteiger partial charge < -0.3 is 10.1 Å². The van der Waals surface area contributed by atoms with Gasteiger partial charge in [-0.3, -0.25) is 0 Å². The first-order valence-electron chi connectivity index (χ1n) is 5.66. The molecule has 3 heteroatoms. The van der Waals surface area contributed by atoms with Crippen LogP contribution in [0.25, 0.3) is 0 Å². The highest BCUT2D eigenvalue weighted by atomic mass is 32.1. The van der Waals surface area contributed by atoms with Gasteiger partial charge in [0.25, 0.3) is 0 Å². The third kappa shape index (κ3) is 2.80. The summed E-state index contributed by atoms with van der Waals surface area (Å²) in [6, 6.07) is 2.64. The van der Waals surface area contributed by atoms with Gasteiger partial charge >= 0.3 is 0 Å². The monoisotopic (exact) mass is 225 g/mol. The highest BCUT2D eigenvalue weighted by molar-refractivity contribution is 7.10. The van der Waals surface area contributed by atoms with Gasteiger partial charge in [0.2, 0.25) is 0 Å². The Hall–Kier alpha value is -0.380. The minimum Gasteiger partial charge on any atom is -0.377 e. The molecule has 1 saturated heterocycles. The molecule has 0 radical (unpaired) electrons. The lowest BCUT2D eigenvalue weighted by atomic mass is 10.2. The fourth-order valence-electron chi connectivity index (χ4n) is 2.03. The Balaban J connectivity index is 1.81. The molecule has 0 amide bonds. The predicted molar refractivity (Wildman–Crippen MR) is 64.4 cm³/mol. The second-order valence-electron chi connectivity index (χ2n) is 4.23. The van der Waals surface area contributed by atoms with Crippen LogP contribution in [0, 0.1) is 6.92 Å². The average Bonchev–Trinajstić information content (AvgIpc) is 2.84. The number of hydrogen-bond acceptors (Lipinski definition) is 3. The Bertz CT molecular complexity index is 304. The van der Waals surface area contributed by atoms with Gasteiger partial charge in [-0.15, -0.1) is 11.3 Å². The van der Waals surface area contributed by atoms with E-state index in [9.17, 15) is 0 Å². The van der Waals surface area contributed by atoms with E-state index in [-0.39, 0.29) is 0 Å². The molecule has 2 heterocycles. The largest absolute Gasteiger partial charge is 0.377 e. The number of aryl methyl sites for hydroxylation is 1. The van der Waals surface area contributed by atoms with Crippen LogP contribution in [-0.2, 0) is 4.74 Å². The number of nitrogens with one attached hydrogen (secondary N) is 1. The molecule has 2 atom stereocenters. The van der Waals surface area contributed by atoms with E-state index in [0.29, 0.717) is 12.1 Å². The third-order valence-corrected chi connectivity index (χ3v) is 4.17. The van der Waals surface area contributed by atoms with Crippen molar-refractivity contribution in [1.82, 2.24) is 5.32 Å². The molecule has 0 bridgehead atoms. The summed E-state index contributed by atoms with van der Waals surface area (Å²) in [5, 5.41) is 5.71. The van der Waals surface area contributed by atoms with Crippen LogP contribution in [0.1, 0.15) is 36.2 Å². The van der Waals surface area contributed by atoms with E-state index in [1.807, 2.05) is 11.3 Å². The summed E-state index contributed by atoms with van der Waals surface area (Å²) >= 11 is 1.84. The maximum atomic E-state index is 5.59. The van der Waals surface area contributed by atoms with Gasteiger partial charge in [0.1, 0.15) is 0 Å². The first kappa shape index (κ1) is 11.1. The van der Waals surface area contributed by atoms with Crippen molar-refractivity contribution < 1.29 is 4.74 Å². The van der Waals surface area contributed by atoms with Crippen LogP contribution in [0.15, 0.2) is 11.4 Å². The summed E-state index contributed by atoms with van der Waals surface area (Å²) in [6.45, 7) is 6.33. The summed E-state index contributed by atoms with van der Waals surface area (Å²) in [5.74, 6) is 0. The molecule has 0 saturated carbocycles. The molecule has 1 N–H and O–H groups in total. The number of thiophene rings is 1. The van der Waals surface area contributed by atoms with Crippen molar-refractivity contribution in [3.05, 3.63) is 21.9 Å². The summed E-state index contributed by atoms with van der Waals surface area (Å²) in [6.07, 6.45) is 2.87. The first-order valence-corrected chi connectivity index (χ1v) is 6.54. The number of rotatable bonds is 4. The van der Waals surface area contributed by atoms with Crippen molar-refractivity contribution >= 4 is 11.3 Å². The standard InChI is InChI=1S/C12H19NOS/c1-9-5-7-15-12(9)10(2)13-8-11-4-3-6-14-11/h5,7,10-11,13H,3-4,6,8H2,1-2H3/t10-,11-/m0/s1. The molecule has 1 aliphatic rings. The summed E-state index contributed by atoms with van der Waals surface area (Å²) in [5.41, 5.74) is 1.40. The van der Waals surface area contributed by atoms with Gasteiger partial charge in [-0.25, -0.2) is 0 Å². The molecule has 0 unspecified atom stereocenters. The van der Waals surface area contributed by atoms with E-state index in [2.05, 4.69) is 30.6 Å². The molecule has 0 aliphatic carbocycles. The molecule has 84 valence electrons. The minimum atomic E-state index is 0.438. The molecular formula is C12H19NOS. The van der Waals surface area contributed by atoms with Gasteiger partial charge in [-0.2, -0.15) is 0 Å². The molecule has 2 rings (SSSR count). The minimum absolute atomic E-state index is 0.438. The fraction of sp³-hybridized carbons (Fsp3) is 0.667. The Kier molecular flexibility index (Phi) is 3.78. The van der Waals surface area contributed by atoms with Gasteiger partial charge in [0.05, 0.1) is 6.10 Å². The zero-order valence-corrected chi connectivity index (χ0v) is 10.3. The quantitative estimate of drug-likeness (QED) is 0.850. The van der Waals surface area contributed by atoms with E-state index in [1.54, 1.807) is 0 Å². The second-order valence-corrected chi connectivity index (χ2v) is 5.18. The first-order chi connectivity index (χ1) is 7.27. The van der Waals surface area contributed by atoms with Crippen LogP contribution in [0.2, 0.25) is 0 Å². The van der Waals surface area contributed by atoms with Crippen LogP contribution in [-0.4, -0.2) is 19.3 Å².